The molecule has 0 aliphatic heterocycles. The first-order valence-corrected chi connectivity index (χ1v) is 4.91. The summed E-state index contributed by atoms with van der Waals surface area (Å²) >= 11 is 0. The van der Waals surface area contributed by atoms with Gasteiger partial charge in [0.05, 0.1) is 12.1 Å². The van der Waals surface area contributed by atoms with E-state index < -0.39 is 5.60 Å². The summed E-state index contributed by atoms with van der Waals surface area (Å²) in [6.45, 7) is 3.88. The fraction of sp³-hybridized carbons (Fsp3) is 0.417. The van der Waals surface area contributed by atoms with Crippen LogP contribution in [0.25, 0.3) is 0 Å². The Morgan fingerprint density at radius 1 is 1.40 bits per heavy atom. The first-order valence-electron chi connectivity index (χ1n) is 4.91. The van der Waals surface area contributed by atoms with Gasteiger partial charge in [-0.15, -0.1) is 0 Å². The molecule has 2 N–H and O–H groups in total. The minimum atomic E-state index is -0.471. The van der Waals surface area contributed by atoms with E-state index in [1.165, 1.54) is 0 Å². The van der Waals surface area contributed by atoms with Crippen molar-refractivity contribution >= 4 is 5.78 Å². The van der Waals surface area contributed by atoms with E-state index in [1.807, 2.05) is 32.0 Å². The maximum atomic E-state index is 11.6. The van der Waals surface area contributed by atoms with Crippen LogP contribution in [0.3, 0.4) is 0 Å². The van der Waals surface area contributed by atoms with Crippen molar-refractivity contribution in [1.29, 1.82) is 0 Å². The number of methoxy groups -OCH3 is 1. The monoisotopic (exact) mass is 207 g/mol. The lowest BCUT2D eigenvalue weighted by Gasteiger charge is -2.25. The smallest absolute Gasteiger partial charge is 0.176 e. The highest BCUT2D eigenvalue weighted by Crippen LogP contribution is 2.27. The number of nitrogens with two attached hydrogens (primary N) is 1. The van der Waals surface area contributed by atoms with Crippen molar-refractivity contribution in [2.24, 2.45) is 5.73 Å². The average Bonchev–Trinajstić information content (AvgIpc) is 2.28. The summed E-state index contributed by atoms with van der Waals surface area (Å²) in [5.41, 5.74) is 6.42. The van der Waals surface area contributed by atoms with Crippen LogP contribution in [0.1, 0.15) is 29.8 Å². The maximum absolute atomic E-state index is 11.6. The number of hydrogen-bond donors (Lipinski definition) is 1. The topological polar surface area (TPSA) is 52.3 Å². The quantitative estimate of drug-likeness (QED) is 0.765. The van der Waals surface area contributed by atoms with Crippen molar-refractivity contribution in [3.63, 3.8) is 0 Å². The Bertz CT molecular complexity index is 358. The van der Waals surface area contributed by atoms with Crippen molar-refractivity contribution in [2.45, 2.75) is 19.4 Å². The van der Waals surface area contributed by atoms with Crippen molar-refractivity contribution in [1.82, 2.24) is 0 Å². The molecule has 3 heteroatoms. The zero-order valence-corrected chi connectivity index (χ0v) is 9.41. The molecule has 0 heterocycles. The number of rotatable bonds is 4. The van der Waals surface area contributed by atoms with Crippen molar-refractivity contribution in [3.8, 4) is 0 Å². The van der Waals surface area contributed by atoms with Crippen LogP contribution in [0.2, 0.25) is 0 Å². The highest BCUT2D eigenvalue weighted by Gasteiger charge is 2.24. The van der Waals surface area contributed by atoms with Gasteiger partial charge in [-0.1, -0.05) is 24.3 Å². The number of benzene rings is 1. The molecule has 0 saturated heterocycles. The second kappa shape index (κ2) is 4.55. The molecule has 0 saturated carbocycles. The number of ether oxygens (including phenoxy) is 1. The molecule has 82 valence electrons. The predicted octanol–water partition coefficient (Wildman–Crippen LogP) is 1.71. The molecule has 0 aromatic heterocycles. The van der Waals surface area contributed by atoms with E-state index in [2.05, 4.69) is 0 Å². The summed E-state index contributed by atoms with van der Waals surface area (Å²) in [6.07, 6.45) is 0. The van der Waals surface area contributed by atoms with E-state index in [-0.39, 0.29) is 12.3 Å². The lowest BCUT2D eigenvalue weighted by Crippen LogP contribution is -2.25. The lowest BCUT2D eigenvalue weighted by atomic mass is 9.91. The third kappa shape index (κ3) is 2.43. The Morgan fingerprint density at radius 2 is 2.00 bits per heavy atom. The molecular weight excluding hydrogens is 190 g/mol. The molecule has 3 nitrogen and oxygen atoms in total. The Morgan fingerprint density at radius 3 is 2.53 bits per heavy atom. The molecule has 15 heavy (non-hydrogen) atoms. The number of carbonyl (C=O) groups excluding carboxylic acids is 1. The van der Waals surface area contributed by atoms with Crippen molar-refractivity contribution < 1.29 is 9.53 Å². The molecule has 0 fully saturated rings. The van der Waals surface area contributed by atoms with Gasteiger partial charge in [0.1, 0.15) is 0 Å². The second-order valence-corrected chi connectivity index (χ2v) is 3.89. The number of Topliss-reactive ketones (excluding diaryl/α,β-unsaturated/α-hetero) is 1. The van der Waals surface area contributed by atoms with Gasteiger partial charge < -0.3 is 10.5 Å². The van der Waals surface area contributed by atoms with Gasteiger partial charge in [-0.2, -0.15) is 0 Å². The fourth-order valence-corrected chi connectivity index (χ4v) is 1.47. The Kier molecular flexibility index (Phi) is 3.61. The minimum absolute atomic E-state index is 0.0246. The molecule has 1 aromatic carbocycles. The average molecular weight is 207 g/mol. The van der Waals surface area contributed by atoms with Crippen LogP contribution in [0.15, 0.2) is 24.3 Å². The van der Waals surface area contributed by atoms with Crippen LogP contribution in [0.4, 0.5) is 0 Å². The van der Waals surface area contributed by atoms with E-state index in [0.717, 1.165) is 5.56 Å². The van der Waals surface area contributed by atoms with Crippen LogP contribution < -0.4 is 5.73 Å². The Balaban J connectivity index is 3.23. The summed E-state index contributed by atoms with van der Waals surface area (Å²) < 4.78 is 5.37. The summed E-state index contributed by atoms with van der Waals surface area (Å²) in [5.74, 6) is -0.0595. The molecular formula is C12H17NO2. The largest absolute Gasteiger partial charge is 0.374 e. The molecule has 1 aromatic rings. The standard InChI is InChI=1S/C12H17NO2/c1-12(2,15-3)10-7-5-4-6-9(10)11(14)8-13/h4-7H,8,13H2,1-3H3. The number of ketones is 1. The fourth-order valence-electron chi connectivity index (χ4n) is 1.47. The highest BCUT2D eigenvalue weighted by molar-refractivity contribution is 5.99. The molecule has 0 spiro atoms. The normalized spacial score (nSPS) is 11.5. The molecule has 0 unspecified atom stereocenters. The zero-order chi connectivity index (χ0) is 11.5. The van der Waals surface area contributed by atoms with Gasteiger partial charge >= 0.3 is 0 Å². The molecule has 0 bridgehead atoms. The molecule has 0 radical (unpaired) electrons. The first kappa shape index (κ1) is 11.9. The van der Waals surface area contributed by atoms with Crippen LogP contribution >= 0.6 is 0 Å². The second-order valence-electron chi connectivity index (χ2n) is 3.89. The molecule has 0 amide bonds. The highest BCUT2D eigenvalue weighted by atomic mass is 16.5. The van der Waals surface area contributed by atoms with E-state index in [0.29, 0.717) is 5.56 Å². The van der Waals surface area contributed by atoms with Gasteiger partial charge in [0.15, 0.2) is 5.78 Å². The summed E-state index contributed by atoms with van der Waals surface area (Å²) in [4.78, 5) is 11.6. The van der Waals surface area contributed by atoms with Gasteiger partial charge in [-0.05, 0) is 19.4 Å². The lowest BCUT2D eigenvalue weighted by molar-refractivity contribution is 0.0184. The van der Waals surface area contributed by atoms with Crippen LogP contribution in [0.5, 0.6) is 0 Å². The Hall–Kier alpha value is -1.19. The number of hydrogen-bond acceptors (Lipinski definition) is 3. The Labute approximate surface area is 90.2 Å². The third-order valence-electron chi connectivity index (χ3n) is 2.57. The van der Waals surface area contributed by atoms with Gasteiger partial charge in [0.25, 0.3) is 0 Å². The van der Waals surface area contributed by atoms with Crippen molar-refractivity contribution in [2.75, 3.05) is 13.7 Å². The molecule has 0 aliphatic carbocycles. The number of carbonyl (C=O) groups is 1. The molecule has 0 atom stereocenters. The van der Waals surface area contributed by atoms with Gasteiger partial charge in [0.2, 0.25) is 0 Å². The van der Waals surface area contributed by atoms with Gasteiger partial charge in [-0.3, -0.25) is 4.79 Å². The van der Waals surface area contributed by atoms with E-state index in [9.17, 15) is 4.79 Å². The van der Waals surface area contributed by atoms with Crippen LogP contribution in [-0.4, -0.2) is 19.4 Å². The van der Waals surface area contributed by atoms with E-state index >= 15 is 0 Å². The molecule has 0 aliphatic rings. The van der Waals surface area contributed by atoms with Gasteiger partial charge in [-0.25, -0.2) is 0 Å². The summed E-state index contributed by atoms with van der Waals surface area (Å²) in [6, 6.07) is 7.40. The molecule has 1 rings (SSSR count). The van der Waals surface area contributed by atoms with E-state index in [1.54, 1.807) is 13.2 Å². The predicted molar refractivity (Wildman–Crippen MR) is 59.9 cm³/mol. The SMILES string of the molecule is COC(C)(C)c1ccccc1C(=O)CN. The van der Waals surface area contributed by atoms with Gasteiger partial charge in [0, 0.05) is 12.7 Å². The zero-order valence-electron chi connectivity index (χ0n) is 9.41. The maximum Gasteiger partial charge on any atom is 0.176 e. The third-order valence-corrected chi connectivity index (χ3v) is 2.57. The van der Waals surface area contributed by atoms with E-state index in [4.69, 9.17) is 10.5 Å². The van der Waals surface area contributed by atoms with Crippen LogP contribution in [0, 0.1) is 0 Å². The first-order chi connectivity index (χ1) is 7.03. The van der Waals surface area contributed by atoms with Crippen molar-refractivity contribution in [3.05, 3.63) is 35.4 Å². The minimum Gasteiger partial charge on any atom is -0.374 e. The summed E-state index contributed by atoms with van der Waals surface area (Å²) in [7, 11) is 1.63. The van der Waals surface area contributed by atoms with Crippen LogP contribution in [-0.2, 0) is 10.3 Å². The summed E-state index contributed by atoms with van der Waals surface area (Å²) in [5, 5.41) is 0.